The zero-order valence-electron chi connectivity index (χ0n) is 9.82. The summed E-state index contributed by atoms with van der Waals surface area (Å²) in [7, 11) is 0. The largest absolute Gasteiger partial charge is 0.326 e. The van der Waals surface area contributed by atoms with Gasteiger partial charge < -0.3 is 5.32 Å². The van der Waals surface area contributed by atoms with Crippen molar-refractivity contribution in [2.45, 2.75) is 32.1 Å². The van der Waals surface area contributed by atoms with Gasteiger partial charge in [0.05, 0.1) is 4.92 Å². The van der Waals surface area contributed by atoms with Crippen LogP contribution in [0, 0.1) is 10.1 Å². The lowest BCUT2D eigenvalue weighted by Crippen LogP contribution is -2.34. The van der Waals surface area contributed by atoms with Crippen LogP contribution < -0.4 is 5.32 Å². The van der Waals surface area contributed by atoms with Gasteiger partial charge in [0.2, 0.25) is 5.91 Å². The minimum Gasteiger partial charge on any atom is -0.326 e. The number of anilines is 1. The molecule has 0 aromatic heterocycles. The number of amides is 1. The molecule has 0 fully saturated rings. The maximum atomic E-state index is 11.6. The second-order valence-corrected chi connectivity index (χ2v) is 4.63. The molecule has 1 aromatic carbocycles. The topological polar surface area (TPSA) is 72.2 Å². The second-order valence-electron chi connectivity index (χ2n) is 4.63. The first kappa shape index (κ1) is 11.6. The molecule has 0 saturated heterocycles. The molecule has 1 aliphatic rings. The summed E-state index contributed by atoms with van der Waals surface area (Å²) in [5.74, 6) is -0.0318. The van der Waals surface area contributed by atoms with Crippen molar-refractivity contribution in [3.63, 3.8) is 0 Å². The maximum Gasteiger partial charge on any atom is 0.269 e. The van der Waals surface area contributed by atoms with Crippen LogP contribution in [0.2, 0.25) is 0 Å². The van der Waals surface area contributed by atoms with E-state index in [1.165, 1.54) is 6.07 Å². The Morgan fingerprint density at radius 3 is 2.82 bits per heavy atom. The van der Waals surface area contributed by atoms with Crippen molar-refractivity contribution in [1.29, 1.82) is 0 Å². The number of fused-ring (bicyclic) bond motifs is 1. The van der Waals surface area contributed by atoms with E-state index in [0.29, 0.717) is 12.1 Å². The van der Waals surface area contributed by atoms with Crippen LogP contribution in [-0.4, -0.2) is 10.8 Å². The fourth-order valence-corrected chi connectivity index (χ4v) is 2.21. The van der Waals surface area contributed by atoms with Crippen LogP contribution in [0.5, 0.6) is 0 Å². The van der Waals surface area contributed by atoms with Gasteiger partial charge in [-0.2, -0.15) is 0 Å². The van der Waals surface area contributed by atoms with Crippen LogP contribution in [0.25, 0.3) is 0 Å². The summed E-state index contributed by atoms with van der Waals surface area (Å²) in [4.78, 5) is 21.9. The Morgan fingerprint density at radius 2 is 2.24 bits per heavy atom. The number of nitrogens with one attached hydrogen (secondary N) is 1. The number of nitro benzene ring substituents is 1. The highest BCUT2D eigenvalue weighted by Crippen LogP contribution is 2.41. The average molecular weight is 234 g/mol. The average Bonchev–Trinajstić information content (AvgIpc) is 2.28. The predicted octanol–water partition coefficient (Wildman–Crippen LogP) is 2.60. The molecule has 0 aliphatic carbocycles. The lowest BCUT2D eigenvalue weighted by molar-refractivity contribution is -0.385. The number of carbonyl (C=O) groups is 1. The molecule has 1 heterocycles. The highest BCUT2D eigenvalue weighted by atomic mass is 16.6. The number of rotatable bonds is 2. The van der Waals surface area contributed by atoms with Gasteiger partial charge in [0, 0.05) is 29.7 Å². The van der Waals surface area contributed by atoms with Gasteiger partial charge >= 0.3 is 0 Å². The molecule has 0 spiro atoms. The van der Waals surface area contributed by atoms with Crippen LogP contribution >= 0.6 is 0 Å². The molecule has 1 amide bonds. The highest BCUT2D eigenvalue weighted by molar-refractivity contribution is 5.95. The third kappa shape index (κ3) is 1.88. The van der Waals surface area contributed by atoms with Crippen molar-refractivity contribution in [1.82, 2.24) is 0 Å². The van der Waals surface area contributed by atoms with Crippen LogP contribution in [-0.2, 0) is 10.2 Å². The summed E-state index contributed by atoms with van der Waals surface area (Å²) in [6.07, 6.45) is 1.15. The van der Waals surface area contributed by atoms with Gasteiger partial charge in [-0.15, -0.1) is 0 Å². The van der Waals surface area contributed by atoms with Gasteiger partial charge in [-0.05, 0) is 18.1 Å². The molecule has 2 rings (SSSR count). The number of hydrogen-bond acceptors (Lipinski definition) is 3. The standard InChI is InChI=1S/C12H14N2O3/c1-3-12(2)7-11(15)13-10-5-4-8(14(16)17)6-9(10)12/h4-6H,3,7H2,1-2H3,(H,13,15)/t12-/m0/s1. The van der Waals surface area contributed by atoms with Crippen molar-refractivity contribution in [3.05, 3.63) is 33.9 Å². The van der Waals surface area contributed by atoms with Crippen molar-refractivity contribution < 1.29 is 9.72 Å². The Hall–Kier alpha value is -1.91. The van der Waals surface area contributed by atoms with E-state index >= 15 is 0 Å². The van der Waals surface area contributed by atoms with Gasteiger partial charge in [-0.1, -0.05) is 13.8 Å². The number of hydrogen-bond donors (Lipinski definition) is 1. The third-order valence-corrected chi connectivity index (χ3v) is 3.47. The lowest BCUT2D eigenvalue weighted by Gasteiger charge is -2.34. The summed E-state index contributed by atoms with van der Waals surface area (Å²) in [5, 5.41) is 13.5. The quantitative estimate of drug-likeness (QED) is 0.631. The Bertz CT molecular complexity index is 499. The third-order valence-electron chi connectivity index (χ3n) is 3.47. The molecular weight excluding hydrogens is 220 g/mol. The van der Waals surface area contributed by atoms with Crippen LogP contribution in [0.3, 0.4) is 0 Å². The number of nitrogens with zero attached hydrogens (tertiary/aromatic N) is 1. The van der Waals surface area contributed by atoms with Crippen LogP contribution in [0.1, 0.15) is 32.3 Å². The Kier molecular flexibility index (Phi) is 2.61. The minimum atomic E-state index is -0.410. The summed E-state index contributed by atoms with van der Waals surface area (Å²) in [6.45, 7) is 3.95. The zero-order chi connectivity index (χ0) is 12.6. The van der Waals surface area contributed by atoms with Crippen molar-refractivity contribution in [3.8, 4) is 0 Å². The van der Waals surface area contributed by atoms with Gasteiger partial charge in [0.25, 0.3) is 5.69 Å². The summed E-state index contributed by atoms with van der Waals surface area (Å²) >= 11 is 0. The first-order chi connectivity index (χ1) is 7.96. The molecule has 90 valence electrons. The Labute approximate surface area is 99.0 Å². The molecule has 0 unspecified atom stereocenters. The van der Waals surface area contributed by atoms with E-state index in [4.69, 9.17) is 0 Å². The normalized spacial score (nSPS) is 22.8. The van der Waals surface area contributed by atoms with E-state index in [9.17, 15) is 14.9 Å². The van der Waals surface area contributed by atoms with Crippen LogP contribution in [0.15, 0.2) is 18.2 Å². The molecule has 1 N–H and O–H groups in total. The van der Waals surface area contributed by atoms with Crippen molar-refractivity contribution in [2.75, 3.05) is 5.32 Å². The summed E-state index contributed by atoms with van der Waals surface area (Å²) < 4.78 is 0. The molecule has 0 saturated carbocycles. The monoisotopic (exact) mass is 234 g/mol. The Morgan fingerprint density at radius 1 is 1.53 bits per heavy atom. The van der Waals surface area contributed by atoms with Gasteiger partial charge in [0.15, 0.2) is 0 Å². The highest BCUT2D eigenvalue weighted by Gasteiger charge is 2.35. The van der Waals surface area contributed by atoms with Crippen molar-refractivity contribution >= 4 is 17.3 Å². The molecule has 5 nitrogen and oxygen atoms in total. The first-order valence-electron chi connectivity index (χ1n) is 5.55. The fraction of sp³-hybridized carbons (Fsp3) is 0.417. The summed E-state index contributed by atoms with van der Waals surface area (Å²) in [5.41, 5.74) is 1.30. The molecule has 1 atom stereocenters. The van der Waals surface area contributed by atoms with E-state index < -0.39 is 4.92 Å². The van der Waals surface area contributed by atoms with Crippen LogP contribution in [0.4, 0.5) is 11.4 Å². The van der Waals surface area contributed by atoms with Gasteiger partial charge in [-0.3, -0.25) is 14.9 Å². The SMILES string of the molecule is CC[C@@]1(C)CC(=O)Nc2ccc([N+](=O)[O-])cc21. The number of carbonyl (C=O) groups excluding carboxylic acids is 1. The number of non-ortho nitro benzene ring substituents is 1. The predicted molar refractivity (Wildman–Crippen MR) is 64.0 cm³/mol. The smallest absolute Gasteiger partial charge is 0.269 e. The lowest BCUT2D eigenvalue weighted by atomic mass is 9.74. The van der Waals surface area contributed by atoms with Gasteiger partial charge in [-0.25, -0.2) is 0 Å². The molecule has 5 heteroatoms. The molecule has 17 heavy (non-hydrogen) atoms. The zero-order valence-corrected chi connectivity index (χ0v) is 9.82. The van der Waals surface area contributed by atoms with E-state index in [0.717, 1.165) is 12.0 Å². The summed E-state index contributed by atoms with van der Waals surface area (Å²) in [6, 6.07) is 4.59. The second kappa shape index (κ2) is 3.84. The van der Waals surface area contributed by atoms with Crippen molar-refractivity contribution in [2.24, 2.45) is 0 Å². The van der Waals surface area contributed by atoms with E-state index in [1.54, 1.807) is 12.1 Å². The number of nitro groups is 1. The molecular formula is C12H14N2O3. The molecule has 1 aliphatic heterocycles. The van der Waals surface area contributed by atoms with E-state index in [1.807, 2.05) is 13.8 Å². The molecule has 0 bridgehead atoms. The molecule has 0 radical (unpaired) electrons. The number of benzene rings is 1. The Balaban J connectivity index is 2.58. The van der Waals surface area contributed by atoms with E-state index in [2.05, 4.69) is 5.32 Å². The fourth-order valence-electron chi connectivity index (χ4n) is 2.21. The minimum absolute atomic E-state index is 0.0318. The molecule has 1 aromatic rings. The first-order valence-corrected chi connectivity index (χ1v) is 5.55. The maximum absolute atomic E-state index is 11.6. The van der Waals surface area contributed by atoms with E-state index in [-0.39, 0.29) is 17.0 Å². The van der Waals surface area contributed by atoms with Gasteiger partial charge in [0.1, 0.15) is 0 Å².